The highest BCUT2D eigenvalue weighted by Gasteiger charge is 2.38. The Hall–Kier alpha value is -0.950. The molecule has 104 valence electrons. The molecule has 0 saturated carbocycles. The number of fused-ring (bicyclic) bond motifs is 1. The number of aliphatic hydroxyl groups is 1. The van der Waals surface area contributed by atoms with Crippen molar-refractivity contribution in [1.29, 1.82) is 0 Å². The Morgan fingerprint density at radius 2 is 2.05 bits per heavy atom. The number of benzene rings is 1. The zero-order valence-corrected chi connectivity index (χ0v) is 11.7. The van der Waals surface area contributed by atoms with Gasteiger partial charge in [-0.05, 0) is 36.6 Å². The van der Waals surface area contributed by atoms with Gasteiger partial charge in [0.15, 0.2) is 0 Å². The Kier molecular flexibility index (Phi) is 2.94. The molecule has 0 radical (unpaired) electrons. The number of hydrogen-bond acceptors (Lipinski definition) is 4. The SMILES string of the molecule is CC1(O)CCN(S(=O)(=O)c2ccc3c(c2)CNC3)C1. The van der Waals surface area contributed by atoms with E-state index in [1.165, 1.54) is 4.31 Å². The van der Waals surface area contributed by atoms with Crippen molar-refractivity contribution in [2.75, 3.05) is 13.1 Å². The van der Waals surface area contributed by atoms with Crippen molar-refractivity contribution >= 4 is 10.0 Å². The third-order valence-electron chi connectivity index (χ3n) is 3.86. The van der Waals surface area contributed by atoms with E-state index in [2.05, 4.69) is 5.32 Å². The first-order valence-corrected chi connectivity index (χ1v) is 7.88. The molecule has 1 aromatic rings. The van der Waals surface area contributed by atoms with Gasteiger partial charge < -0.3 is 10.4 Å². The summed E-state index contributed by atoms with van der Waals surface area (Å²) >= 11 is 0. The number of rotatable bonds is 2. The Bertz CT molecular complexity index is 610. The summed E-state index contributed by atoms with van der Waals surface area (Å²) in [5.41, 5.74) is 1.30. The van der Waals surface area contributed by atoms with Gasteiger partial charge in [0.05, 0.1) is 10.5 Å². The van der Waals surface area contributed by atoms with Gasteiger partial charge in [-0.2, -0.15) is 4.31 Å². The van der Waals surface area contributed by atoms with Gasteiger partial charge in [-0.3, -0.25) is 0 Å². The largest absolute Gasteiger partial charge is 0.389 e. The fraction of sp³-hybridized carbons (Fsp3) is 0.538. The Balaban J connectivity index is 1.93. The van der Waals surface area contributed by atoms with Crippen molar-refractivity contribution < 1.29 is 13.5 Å². The predicted molar refractivity (Wildman–Crippen MR) is 71.0 cm³/mol. The molecular formula is C13H18N2O3S. The molecule has 2 N–H and O–H groups in total. The topological polar surface area (TPSA) is 69.6 Å². The quantitative estimate of drug-likeness (QED) is 0.825. The maximum atomic E-state index is 12.5. The van der Waals surface area contributed by atoms with Gasteiger partial charge in [-0.15, -0.1) is 0 Å². The molecule has 1 fully saturated rings. The summed E-state index contributed by atoms with van der Waals surface area (Å²) in [7, 11) is -3.49. The highest BCUT2D eigenvalue weighted by molar-refractivity contribution is 7.89. The van der Waals surface area contributed by atoms with E-state index in [4.69, 9.17) is 0 Å². The molecule has 0 amide bonds. The second kappa shape index (κ2) is 4.28. The first-order chi connectivity index (χ1) is 8.88. The number of β-amino-alcohol motifs (C(OH)–C–C–N with tert-alkyl or cyclic N) is 1. The van der Waals surface area contributed by atoms with Crippen molar-refractivity contribution in [1.82, 2.24) is 9.62 Å². The summed E-state index contributed by atoms with van der Waals surface area (Å²) in [4.78, 5) is 0.327. The van der Waals surface area contributed by atoms with Gasteiger partial charge >= 0.3 is 0 Å². The van der Waals surface area contributed by atoms with Crippen LogP contribution in [-0.4, -0.2) is 36.5 Å². The molecule has 2 aliphatic heterocycles. The molecule has 0 bridgehead atoms. The third-order valence-corrected chi connectivity index (χ3v) is 5.70. The molecule has 1 atom stereocenters. The summed E-state index contributed by atoms with van der Waals surface area (Å²) in [5, 5.41) is 13.1. The first-order valence-electron chi connectivity index (χ1n) is 6.44. The molecule has 19 heavy (non-hydrogen) atoms. The highest BCUT2D eigenvalue weighted by atomic mass is 32.2. The zero-order valence-electron chi connectivity index (χ0n) is 10.9. The molecule has 1 unspecified atom stereocenters. The second-order valence-electron chi connectivity index (χ2n) is 5.62. The van der Waals surface area contributed by atoms with Crippen molar-refractivity contribution in [2.24, 2.45) is 0 Å². The summed E-state index contributed by atoms with van der Waals surface area (Å²) in [5.74, 6) is 0. The van der Waals surface area contributed by atoms with Crippen molar-refractivity contribution in [3.05, 3.63) is 29.3 Å². The molecule has 0 spiro atoms. The molecular weight excluding hydrogens is 264 g/mol. The third kappa shape index (κ3) is 2.29. The lowest BCUT2D eigenvalue weighted by Gasteiger charge is -2.19. The van der Waals surface area contributed by atoms with Crippen molar-refractivity contribution in [2.45, 2.75) is 36.9 Å². The summed E-state index contributed by atoms with van der Waals surface area (Å²) in [6.45, 7) is 3.75. The zero-order chi connectivity index (χ0) is 13.7. The minimum atomic E-state index is -3.49. The lowest BCUT2D eigenvalue weighted by atomic mass is 10.1. The van der Waals surface area contributed by atoms with Gasteiger partial charge in [-0.25, -0.2) is 8.42 Å². The molecule has 1 saturated heterocycles. The highest BCUT2D eigenvalue weighted by Crippen LogP contribution is 2.28. The Labute approximate surface area is 113 Å². The number of nitrogens with one attached hydrogen (secondary N) is 1. The van der Waals surface area contributed by atoms with Crippen LogP contribution >= 0.6 is 0 Å². The van der Waals surface area contributed by atoms with E-state index >= 15 is 0 Å². The minimum absolute atomic E-state index is 0.171. The van der Waals surface area contributed by atoms with Crippen LogP contribution in [-0.2, 0) is 23.1 Å². The van der Waals surface area contributed by atoms with E-state index < -0.39 is 15.6 Å². The lowest BCUT2D eigenvalue weighted by molar-refractivity contribution is 0.0762. The van der Waals surface area contributed by atoms with E-state index in [0.717, 1.165) is 24.2 Å². The van der Waals surface area contributed by atoms with Crippen LogP contribution in [0.5, 0.6) is 0 Å². The smallest absolute Gasteiger partial charge is 0.243 e. The van der Waals surface area contributed by atoms with Crippen LogP contribution < -0.4 is 5.32 Å². The fourth-order valence-corrected chi connectivity index (χ4v) is 4.30. The van der Waals surface area contributed by atoms with Crippen LogP contribution in [0.3, 0.4) is 0 Å². The Morgan fingerprint density at radius 1 is 1.32 bits per heavy atom. The van der Waals surface area contributed by atoms with E-state index in [1.807, 2.05) is 6.07 Å². The van der Waals surface area contributed by atoms with Crippen molar-refractivity contribution in [3.63, 3.8) is 0 Å². The predicted octanol–water partition coefficient (Wildman–Crippen LogP) is 0.435. The van der Waals surface area contributed by atoms with Crippen LogP contribution in [0, 0.1) is 0 Å². The first kappa shape index (κ1) is 13.1. The van der Waals surface area contributed by atoms with Crippen LogP contribution in [0.2, 0.25) is 0 Å². The van der Waals surface area contributed by atoms with Crippen LogP contribution in [0.4, 0.5) is 0 Å². The van der Waals surface area contributed by atoms with Crippen LogP contribution in [0.15, 0.2) is 23.1 Å². The molecule has 1 aromatic carbocycles. The van der Waals surface area contributed by atoms with E-state index in [-0.39, 0.29) is 6.54 Å². The number of hydrogen-bond donors (Lipinski definition) is 2. The van der Waals surface area contributed by atoms with Gasteiger partial charge in [0.2, 0.25) is 10.0 Å². The van der Waals surface area contributed by atoms with Gasteiger partial charge in [0, 0.05) is 26.2 Å². The minimum Gasteiger partial charge on any atom is -0.389 e. The summed E-state index contributed by atoms with van der Waals surface area (Å²) in [6.07, 6.45) is 0.485. The molecule has 5 nitrogen and oxygen atoms in total. The average molecular weight is 282 g/mol. The molecule has 6 heteroatoms. The normalized spacial score (nSPS) is 27.7. The molecule has 2 heterocycles. The maximum Gasteiger partial charge on any atom is 0.243 e. The van der Waals surface area contributed by atoms with Crippen LogP contribution in [0.25, 0.3) is 0 Å². The summed E-state index contributed by atoms with van der Waals surface area (Å²) < 4.78 is 26.4. The molecule has 2 aliphatic rings. The Morgan fingerprint density at radius 3 is 2.74 bits per heavy atom. The van der Waals surface area contributed by atoms with E-state index in [1.54, 1.807) is 19.1 Å². The number of sulfonamides is 1. The molecule has 0 aliphatic carbocycles. The van der Waals surface area contributed by atoms with Gasteiger partial charge in [0.1, 0.15) is 0 Å². The molecule has 0 aromatic heterocycles. The molecule has 3 rings (SSSR count). The average Bonchev–Trinajstić information content (AvgIpc) is 2.94. The maximum absolute atomic E-state index is 12.5. The standard InChI is InChI=1S/C13H18N2O3S/c1-13(16)4-5-15(9-13)19(17,18)12-3-2-10-7-14-8-11(10)6-12/h2-3,6,14,16H,4-5,7-9H2,1H3. The van der Waals surface area contributed by atoms with Gasteiger partial charge in [-0.1, -0.05) is 6.07 Å². The van der Waals surface area contributed by atoms with Crippen molar-refractivity contribution in [3.8, 4) is 0 Å². The van der Waals surface area contributed by atoms with Gasteiger partial charge in [0.25, 0.3) is 0 Å². The summed E-state index contributed by atoms with van der Waals surface area (Å²) in [6, 6.07) is 5.28. The lowest BCUT2D eigenvalue weighted by Crippen LogP contribution is -2.34. The fourth-order valence-electron chi connectivity index (χ4n) is 2.69. The monoisotopic (exact) mass is 282 g/mol. The van der Waals surface area contributed by atoms with E-state index in [9.17, 15) is 13.5 Å². The number of nitrogens with zero attached hydrogens (tertiary/aromatic N) is 1. The van der Waals surface area contributed by atoms with Crippen LogP contribution in [0.1, 0.15) is 24.5 Å². The second-order valence-corrected chi connectivity index (χ2v) is 7.56. The van der Waals surface area contributed by atoms with E-state index in [0.29, 0.717) is 17.9 Å².